The second kappa shape index (κ2) is 6.21. The predicted molar refractivity (Wildman–Crippen MR) is 87.3 cm³/mol. The average molecular weight is 330 g/mol. The lowest BCUT2D eigenvalue weighted by atomic mass is 10.1. The van der Waals surface area contributed by atoms with Gasteiger partial charge < -0.3 is 15.3 Å². The minimum atomic E-state index is -1.09. The molecule has 23 heavy (non-hydrogen) atoms. The molecule has 0 atom stereocenters. The monoisotopic (exact) mass is 330 g/mol. The molecule has 1 aliphatic rings. The summed E-state index contributed by atoms with van der Waals surface area (Å²) < 4.78 is 0. The first-order valence-electron chi connectivity index (χ1n) is 7.09. The summed E-state index contributed by atoms with van der Waals surface area (Å²) >= 11 is 1.15. The number of anilines is 2. The molecule has 0 aliphatic carbocycles. The van der Waals surface area contributed by atoms with E-state index < -0.39 is 11.9 Å². The molecule has 0 spiro atoms. The number of nitrogens with one attached hydrogen (secondary N) is 1. The van der Waals surface area contributed by atoms with Crippen LogP contribution >= 0.6 is 11.3 Å². The van der Waals surface area contributed by atoms with E-state index >= 15 is 0 Å². The predicted octanol–water partition coefficient (Wildman–Crippen LogP) is 2.83. The van der Waals surface area contributed by atoms with E-state index in [2.05, 4.69) is 5.32 Å². The Morgan fingerprint density at radius 2 is 2.09 bits per heavy atom. The Hall–Kier alpha value is -2.67. The van der Waals surface area contributed by atoms with Crippen molar-refractivity contribution in [1.82, 2.24) is 0 Å². The Bertz CT molecular complexity index is 784. The number of thiophene rings is 1. The number of hydrogen-bond donors (Lipinski definition) is 2. The van der Waals surface area contributed by atoms with Crippen LogP contribution in [0.4, 0.5) is 10.7 Å². The highest BCUT2D eigenvalue weighted by atomic mass is 32.1. The lowest BCUT2D eigenvalue weighted by Crippen LogP contribution is -2.24. The molecule has 0 radical (unpaired) electrons. The summed E-state index contributed by atoms with van der Waals surface area (Å²) in [5.41, 5.74) is 1.13. The molecule has 2 amide bonds. The van der Waals surface area contributed by atoms with Crippen LogP contribution in [0.5, 0.6) is 0 Å². The molecule has 1 saturated heterocycles. The molecule has 0 saturated carbocycles. The zero-order chi connectivity index (χ0) is 16.4. The van der Waals surface area contributed by atoms with E-state index in [0.29, 0.717) is 29.2 Å². The van der Waals surface area contributed by atoms with E-state index in [0.717, 1.165) is 17.8 Å². The molecule has 1 fully saturated rings. The lowest BCUT2D eigenvalue weighted by Gasteiger charge is -2.16. The molecule has 0 unspecified atom stereocenters. The van der Waals surface area contributed by atoms with Gasteiger partial charge in [-0.15, -0.1) is 11.3 Å². The van der Waals surface area contributed by atoms with E-state index in [4.69, 9.17) is 5.11 Å². The maximum absolute atomic E-state index is 12.3. The number of carbonyl (C=O) groups excluding carboxylic acids is 2. The number of amides is 2. The standard InChI is InChI=1S/C16H14N2O4S/c19-13-5-2-7-18(13)11-4-1-3-10(9-11)14(20)17-15-12(16(21)22)6-8-23-15/h1,3-4,6,8-9H,2,5,7H2,(H,17,20)(H,21,22). The third kappa shape index (κ3) is 3.09. The zero-order valence-electron chi connectivity index (χ0n) is 12.1. The van der Waals surface area contributed by atoms with Crippen molar-refractivity contribution in [3.63, 3.8) is 0 Å². The summed E-state index contributed by atoms with van der Waals surface area (Å²) in [6, 6.07) is 8.22. The van der Waals surface area contributed by atoms with Gasteiger partial charge in [-0.2, -0.15) is 0 Å². The molecule has 3 rings (SSSR count). The van der Waals surface area contributed by atoms with Crippen molar-refractivity contribution in [3.8, 4) is 0 Å². The highest BCUT2D eigenvalue weighted by Gasteiger charge is 2.22. The van der Waals surface area contributed by atoms with Gasteiger partial charge in [0.25, 0.3) is 5.91 Å². The molecule has 6 nitrogen and oxygen atoms in total. The van der Waals surface area contributed by atoms with Crippen LogP contribution in [0.1, 0.15) is 33.6 Å². The highest BCUT2D eigenvalue weighted by Crippen LogP contribution is 2.25. The second-order valence-electron chi connectivity index (χ2n) is 5.12. The molecule has 1 aromatic heterocycles. The number of carboxylic acids is 1. The minimum absolute atomic E-state index is 0.0500. The van der Waals surface area contributed by atoms with Crippen LogP contribution < -0.4 is 10.2 Å². The van der Waals surface area contributed by atoms with E-state index in [-0.39, 0.29) is 11.5 Å². The van der Waals surface area contributed by atoms with Crippen LogP contribution in [0.25, 0.3) is 0 Å². The van der Waals surface area contributed by atoms with E-state index in [1.54, 1.807) is 34.5 Å². The summed E-state index contributed by atoms with van der Waals surface area (Å²) in [6.07, 6.45) is 1.33. The van der Waals surface area contributed by atoms with Crippen LogP contribution in [-0.2, 0) is 4.79 Å². The summed E-state index contributed by atoms with van der Waals surface area (Å²) in [4.78, 5) is 36.9. The quantitative estimate of drug-likeness (QED) is 0.902. The van der Waals surface area contributed by atoms with E-state index in [9.17, 15) is 14.4 Å². The van der Waals surface area contributed by atoms with Crippen molar-refractivity contribution < 1.29 is 19.5 Å². The summed E-state index contributed by atoms with van der Waals surface area (Å²) in [5.74, 6) is -1.43. The first kappa shape index (κ1) is 15.2. The van der Waals surface area contributed by atoms with Crippen LogP contribution in [0.2, 0.25) is 0 Å². The topological polar surface area (TPSA) is 86.7 Å². The first-order chi connectivity index (χ1) is 11.1. The number of aromatic carboxylic acids is 1. The molecule has 118 valence electrons. The van der Waals surface area contributed by atoms with Crippen molar-refractivity contribution in [2.24, 2.45) is 0 Å². The van der Waals surface area contributed by atoms with Gasteiger partial charge in [-0.05, 0) is 36.1 Å². The van der Waals surface area contributed by atoms with E-state index in [1.165, 1.54) is 6.07 Å². The fraction of sp³-hybridized carbons (Fsp3) is 0.188. The number of carboxylic acid groups (broad SMARTS) is 1. The maximum atomic E-state index is 12.3. The first-order valence-corrected chi connectivity index (χ1v) is 7.97. The van der Waals surface area contributed by atoms with Crippen LogP contribution in [0.3, 0.4) is 0 Å². The Labute approximate surface area is 136 Å². The van der Waals surface area contributed by atoms with Gasteiger partial charge in [-0.25, -0.2) is 4.79 Å². The Morgan fingerprint density at radius 1 is 1.26 bits per heavy atom. The third-order valence-electron chi connectivity index (χ3n) is 3.62. The molecule has 0 bridgehead atoms. The molecular weight excluding hydrogens is 316 g/mol. The van der Waals surface area contributed by atoms with Gasteiger partial charge in [0.05, 0.1) is 5.56 Å². The van der Waals surface area contributed by atoms with Gasteiger partial charge in [0.2, 0.25) is 5.91 Å². The SMILES string of the molecule is O=C(Nc1sccc1C(=O)O)c1cccc(N2CCCC2=O)c1. The third-order valence-corrected chi connectivity index (χ3v) is 4.45. The van der Waals surface area contributed by atoms with Crippen molar-refractivity contribution >= 4 is 39.8 Å². The van der Waals surface area contributed by atoms with Gasteiger partial charge in [0, 0.05) is 24.2 Å². The molecule has 1 aliphatic heterocycles. The van der Waals surface area contributed by atoms with Gasteiger partial charge >= 0.3 is 5.97 Å². The van der Waals surface area contributed by atoms with Crippen LogP contribution in [0.15, 0.2) is 35.7 Å². The number of benzene rings is 1. The molecule has 2 heterocycles. The van der Waals surface area contributed by atoms with Crippen LogP contribution in [0, 0.1) is 0 Å². The average Bonchev–Trinajstić information content (AvgIpc) is 3.16. The molecule has 1 aromatic carbocycles. The smallest absolute Gasteiger partial charge is 0.338 e. The van der Waals surface area contributed by atoms with Gasteiger partial charge in [0.1, 0.15) is 5.00 Å². The Kier molecular flexibility index (Phi) is 4.12. The Balaban J connectivity index is 1.81. The molecule has 7 heteroatoms. The lowest BCUT2D eigenvalue weighted by molar-refractivity contribution is -0.117. The number of carbonyl (C=O) groups is 3. The van der Waals surface area contributed by atoms with Crippen molar-refractivity contribution in [2.75, 3.05) is 16.8 Å². The second-order valence-corrected chi connectivity index (χ2v) is 6.04. The minimum Gasteiger partial charge on any atom is -0.478 e. The zero-order valence-corrected chi connectivity index (χ0v) is 12.9. The summed E-state index contributed by atoms with van der Waals surface area (Å²) in [7, 11) is 0. The molecule has 2 aromatic rings. The van der Waals surface area contributed by atoms with Gasteiger partial charge in [-0.1, -0.05) is 6.07 Å². The van der Waals surface area contributed by atoms with Crippen molar-refractivity contribution in [1.29, 1.82) is 0 Å². The Morgan fingerprint density at radius 3 is 2.78 bits per heavy atom. The summed E-state index contributed by atoms with van der Waals surface area (Å²) in [6.45, 7) is 0.651. The maximum Gasteiger partial charge on any atom is 0.338 e. The van der Waals surface area contributed by atoms with Crippen LogP contribution in [-0.4, -0.2) is 29.4 Å². The van der Waals surface area contributed by atoms with Crippen molar-refractivity contribution in [3.05, 3.63) is 46.8 Å². The molecular formula is C16H14N2O4S. The summed E-state index contributed by atoms with van der Waals surface area (Å²) in [5, 5.41) is 13.6. The number of hydrogen-bond acceptors (Lipinski definition) is 4. The van der Waals surface area contributed by atoms with Gasteiger partial charge in [0.15, 0.2) is 0 Å². The largest absolute Gasteiger partial charge is 0.478 e. The van der Waals surface area contributed by atoms with E-state index in [1.807, 2.05) is 0 Å². The van der Waals surface area contributed by atoms with Crippen molar-refractivity contribution in [2.45, 2.75) is 12.8 Å². The number of nitrogens with zero attached hydrogens (tertiary/aromatic N) is 1. The fourth-order valence-electron chi connectivity index (χ4n) is 2.49. The number of rotatable bonds is 4. The highest BCUT2D eigenvalue weighted by molar-refractivity contribution is 7.14. The van der Waals surface area contributed by atoms with Gasteiger partial charge in [-0.3, -0.25) is 9.59 Å². The fourth-order valence-corrected chi connectivity index (χ4v) is 3.26. The normalized spacial score (nSPS) is 14.1. The molecule has 2 N–H and O–H groups in total.